The van der Waals surface area contributed by atoms with E-state index in [-0.39, 0.29) is 0 Å². The zero-order valence-corrected chi connectivity index (χ0v) is 9.62. The molecular formula is C11H17N3S. The van der Waals surface area contributed by atoms with E-state index in [0.717, 1.165) is 18.6 Å². The van der Waals surface area contributed by atoms with Crippen LogP contribution in [0.25, 0.3) is 0 Å². The van der Waals surface area contributed by atoms with Crippen molar-refractivity contribution in [2.45, 2.75) is 50.4 Å². The molecule has 0 saturated carbocycles. The lowest BCUT2D eigenvalue weighted by atomic mass is 9.98. The summed E-state index contributed by atoms with van der Waals surface area (Å²) < 4.78 is 4.39. The highest BCUT2D eigenvalue weighted by molar-refractivity contribution is 7.03. The number of hydrogen-bond acceptors (Lipinski definition) is 4. The summed E-state index contributed by atoms with van der Waals surface area (Å²) in [5.41, 5.74) is 7.28. The fraction of sp³-hybridized carbons (Fsp3) is 0.727. The van der Waals surface area contributed by atoms with Gasteiger partial charge in [0.15, 0.2) is 0 Å². The third kappa shape index (κ3) is 1.82. The van der Waals surface area contributed by atoms with Crippen molar-refractivity contribution in [3.8, 4) is 0 Å². The Hall–Kier alpha value is -0.450. The molecule has 0 spiro atoms. The van der Waals surface area contributed by atoms with E-state index in [0.29, 0.717) is 6.04 Å². The second-order valence-electron chi connectivity index (χ2n) is 4.78. The van der Waals surface area contributed by atoms with Gasteiger partial charge in [-0.1, -0.05) is 0 Å². The number of rotatable bonds is 2. The first-order chi connectivity index (χ1) is 7.33. The summed E-state index contributed by atoms with van der Waals surface area (Å²) >= 11 is 1.55. The van der Waals surface area contributed by atoms with Crippen molar-refractivity contribution in [2.75, 3.05) is 0 Å². The van der Waals surface area contributed by atoms with Crippen LogP contribution in [0.4, 0.5) is 0 Å². The van der Waals surface area contributed by atoms with Crippen LogP contribution in [0, 0.1) is 0 Å². The predicted octanol–water partition coefficient (Wildman–Crippen LogP) is 1.60. The van der Waals surface area contributed by atoms with Crippen molar-refractivity contribution in [1.29, 1.82) is 0 Å². The van der Waals surface area contributed by atoms with Crippen LogP contribution in [0.15, 0.2) is 11.4 Å². The molecule has 0 amide bonds. The molecule has 3 nitrogen and oxygen atoms in total. The quantitative estimate of drug-likeness (QED) is 0.828. The van der Waals surface area contributed by atoms with E-state index in [2.05, 4.69) is 20.7 Å². The van der Waals surface area contributed by atoms with Gasteiger partial charge in [-0.15, -0.1) is 0 Å². The van der Waals surface area contributed by atoms with Gasteiger partial charge in [-0.2, -0.15) is 4.37 Å². The maximum absolute atomic E-state index is 6.05. The zero-order valence-electron chi connectivity index (χ0n) is 8.80. The van der Waals surface area contributed by atoms with Crippen molar-refractivity contribution < 1.29 is 0 Å². The third-order valence-electron chi connectivity index (χ3n) is 3.76. The van der Waals surface area contributed by atoms with E-state index in [1.807, 2.05) is 0 Å². The molecule has 3 atom stereocenters. The monoisotopic (exact) mass is 223 g/mol. The van der Waals surface area contributed by atoms with Gasteiger partial charge in [-0.25, -0.2) is 0 Å². The molecule has 15 heavy (non-hydrogen) atoms. The van der Waals surface area contributed by atoms with Gasteiger partial charge in [0.05, 0.1) is 5.69 Å². The molecule has 2 saturated heterocycles. The third-order valence-corrected chi connectivity index (χ3v) is 4.35. The van der Waals surface area contributed by atoms with Crippen LogP contribution < -0.4 is 5.73 Å². The Morgan fingerprint density at radius 2 is 2.13 bits per heavy atom. The van der Waals surface area contributed by atoms with E-state index >= 15 is 0 Å². The van der Waals surface area contributed by atoms with Crippen molar-refractivity contribution in [2.24, 2.45) is 5.73 Å². The van der Waals surface area contributed by atoms with E-state index in [1.54, 1.807) is 11.5 Å². The summed E-state index contributed by atoms with van der Waals surface area (Å²) in [6, 6.07) is 4.02. The first kappa shape index (κ1) is 9.75. The van der Waals surface area contributed by atoms with Crippen LogP contribution in [0.3, 0.4) is 0 Å². The van der Waals surface area contributed by atoms with Gasteiger partial charge in [0.2, 0.25) is 0 Å². The van der Waals surface area contributed by atoms with Crippen LogP contribution in [0.5, 0.6) is 0 Å². The molecule has 2 fully saturated rings. The summed E-state index contributed by atoms with van der Waals surface area (Å²) in [4.78, 5) is 2.62. The van der Waals surface area contributed by atoms with Gasteiger partial charge < -0.3 is 5.73 Å². The number of aromatic nitrogens is 1. The van der Waals surface area contributed by atoms with Crippen molar-refractivity contribution in [1.82, 2.24) is 9.27 Å². The van der Waals surface area contributed by atoms with E-state index < -0.39 is 0 Å². The Morgan fingerprint density at radius 1 is 1.40 bits per heavy atom. The van der Waals surface area contributed by atoms with Crippen molar-refractivity contribution in [3.63, 3.8) is 0 Å². The van der Waals surface area contributed by atoms with Gasteiger partial charge in [0.25, 0.3) is 0 Å². The Morgan fingerprint density at radius 3 is 2.73 bits per heavy atom. The molecule has 82 valence electrons. The van der Waals surface area contributed by atoms with Gasteiger partial charge >= 0.3 is 0 Å². The molecule has 2 N–H and O–H groups in total. The van der Waals surface area contributed by atoms with Crippen molar-refractivity contribution >= 4 is 11.5 Å². The molecule has 4 heteroatoms. The summed E-state index contributed by atoms with van der Waals surface area (Å²) in [5, 5.41) is 2.06. The van der Waals surface area contributed by atoms with Crippen LogP contribution in [0.2, 0.25) is 0 Å². The lowest BCUT2D eigenvalue weighted by molar-refractivity contribution is 0.119. The zero-order chi connectivity index (χ0) is 10.3. The summed E-state index contributed by atoms with van der Waals surface area (Å²) in [5.74, 6) is 0. The minimum Gasteiger partial charge on any atom is -0.328 e. The molecule has 0 radical (unpaired) electrons. The molecule has 3 heterocycles. The molecule has 1 aromatic rings. The molecule has 3 rings (SSSR count). The maximum Gasteiger partial charge on any atom is 0.0682 e. The topological polar surface area (TPSA) is 42.1 Å². The minimum atomic E-state index is 0.439. The first-order valence-electron chi connectivity index (χ1n) is 5.73. The highest BCUT2D eigenvalue weighted by Gasteiger charge is 2.39. The second kappa shape index (κ2) is 3.85. The van der Waals surface area contributed by atoms with Crippen LogP contribution in [0.1, 0.15) is 31.4 Å². The van der Waals surface area contributed by atoms with Gasteiger partial charge in [-0.3, -0.25) is 4.90 Å². The largest absolute Gasteiger partial charge is 0.328 e. The molecule has 2 aliphatic heterocycles. The molecule has 0 aromatic carbocycles. The summed E-state index contributed by atoms with van der Waals surface area (Å²) in [6.45, 7) is 1.03. The summed E-state index contributed by atoms with van der Waals surface area (Å²) in [6.07, 6.45) is 5.03. The van der Waals surface area contributed by atoms with Crippen LogP contribution in [-0.4, -0.2) is 27.4 Å². The van der Waals surface area contributed by atoms with Gasteiger partial charge in [0, 0.05) is 30.1 Å². The minimum absolute atomic E-state index is 0.439. The average Bonchev–Trinajstić information content (AvgIpc) is 2.77. The molecule has 1 unspecified atom stereocenters. The Labute approximate surface area is 94.4 Å². The number of piperidine rings is 1. The van der Waals surface area contributed by atoms with Crippen molar-refractivity contribution in [3.05, 3.63) is 17.1 Å². The molecular weight excluding hydrogens is 206 g/mol. The van der Waals surface area contributed by atoms with E-state index in [4.69, 9.17) is 5.73 Å². The number of nitrogens with zero attached hydrogens (tertiary/aromatic N) is 2. The first-order valence-corrected chi connectivity index (χ1v) is 6.57. The summed E-state index contributed by atoms with van der Waals surface area (Å²) in [7, 11) is 0. The van der Waals surface area contributed by atoms with E-state index in [9.17, 15) is 0 Å². The van der Waals surface area contributed by atoms with E-state index in [1.165, 1.54) is 31.4 Å². The SMILES string of the molecule is NC1C[C@H]2CC[C@@H](C1)N2Cc1ccsn1. The Balaban J connectivity index is 1.72. The Kier molecular flexibility index (Phi) is 2.50. The molecule has 1 aromatic heterocycles. The van der Waals surface area contributed by atoms with Gasteiger partial charge in [-0.05, 0) is 43.3 Å². The normalized spacial score (nSPS) is 35.9. The van der Waals surface area contributed by atoms with Crippen LogP contribution in [-0.2, 0) is 6.54 Å². The lowest BCUT2D eigenvalue weighted by Crippen LogP contribution is -2.46. The molecule has 2 bridgehead atoms. The number of fused-ring (bicyclic) bond motifs is 2. The molecule has 0 aliphatic carbocycles. The standard InChI is InChI=1S/C11H17N3S/c12-8-5-10-1-2-11(6-8)14(10)7-9-3-4-15-13-9/h3-4,8,10-11H,1-2,5-7,12H2/t8?,10-,11+. The van der Waals surface area contributed by atoms with Gasteiger partial charge in [0.1, 0.15) is 0 Å². The average molecular weight is 223 g/mol. The Bertz CT molecular complexity index is 311. The fourth-order valence-corrected chi connectivity index (χ4v) is 3.61. The second-order valence-corrected chi connectivity index (χ2v) is 5.45. The van der Waals surface area contributed by atoms with Crippen LogP contribution >= 0.6 is 11.5 Å². The highest BCUT2D eigenvalue weighted by atomic mass is 32.1. The predicted molar refractivity (Wildman–Crippen MR) is 61.7 cm³/mol. The highest BCUT2D eigenvalue weighted by Crippen LogP contribution is 2.35. The fourth-order valence-electron chi connectivity index (χ4n) is 3.08. The lowest BCUT2D eigenvalue weighted by Gasteiger charge is -2.37. The number of hydrogen-bond donors (Lipinski definition) is 1. The maximum atomic E-state index is 6.05. The molecule has 2 aliphatic rings. The smallest absolute Gasteiger partial charge is 0.0682 e. The number of nitrogens with two attached hydrogens (primary N) is 1.